The van der Waals surface area contributed by atoms with Gasteiger partial charge in [-0.05, 0) is 45.6 Å². The minimum absolute atomic E-state index is 0.133. The molecule has 1 aliphatic carbocycles. The Labute approximate surface area is 128 Å². The van der Waals surface area contributed by atoms with Crippen molar-refractivity contribution in [1.29, 1.82) is 0 Å². The molecule has 21 heavy (non-hydrogen) atoms. The Hall–Kier alpha value is -1.35. The van der Waals surface area contributed by atoms with Crippen molar-refractivity contribution < 1.29 is 9.90 Å². The van der Waals surface area contributed by atoms with E-state index in [4.69, 9.17) is 5.11 Å². The van der Waals surface area contributed by atoms with Gasteiger partial charge in [0, 0.05) is 19.2 Å². The summed E-state index contributed by atoms with van der Waals surface area (Å²) in [5.74, 6) is 0.239. The van der Waals surface area contributed by atoms with Crippen LogP contribution in [-0.4, -0.2) is 35.1 Å². The summed E-state index contributed by atoms with van der Waals surface area (Å²) in [4.78, 5) is 15.1. The second kappa shape index (κ2) is 6.61. The highest BCUT2D eigenvalue weighted by Gasteiger charge is 2.47. The molecule has 3 nitrogen and oxygen atoms in total. The third-order valence-electron chi connectivity index (χ3n) is 4.63. The molecule has 0 bridgehead atoms. The topological polar surface area (TPSA) is 40.5 Å². The fourth-order valence-corrected chi connectivity index (χ4v) is 3.21. The molecule has 0 radical (unpaired) electrons. The molecular weight excluding hydrogens is 262 g/mol. The Morgan fingerprint density at radius 3 is 2.57 bits per heavy atom. The van der Waals surface area contributed by atoms with Gasteiger partial charge in [-0.3, -0.25) is 4.79 Å². The van der Waals surface area contributed by atoms with E-state index in [1.165, 1.54) is 5.56 Å². The second-order valence-electron chi connectivity index (χ2n) is 6.47. The van der Waals surface area contributed by atoms with E-state index in [1.54, 1.807) is 0 Å². The number of carbonyl (C=O) groups excluding carboxylic acids is 1. The lowest BCUT2D eigenvalue weighted by molar-refractivity contribution is -0.143. The van der Waals surface area contributed by atoms with Gasteiger partial charge in [-0.25, -0.2) is 0 Å². The van der Waals surface area contributed by atoms with Gasteiger partial charge in [-0.1, -0.05) is 36.2 Å². The van der Waals surface area contributed by atoms with E-state index >= 15 is 0 Å². The van der Waals surface area contributed by atoms with Crippen LogP contribution in [0.25, 0.3) is 0 Å². The van der Waals surface area contributed by atoms with E-state index in [1.807, 2.05) is 11.0 Å². The summed E-state index contributed by atoms with van der Waals surface area (Å²) in [7, 11) is 0. The van der Waals surface area contributed by atoms with Crippen LogP contribution in [0.1, 0.15) is 50.7 Å². The molecule has 1 aliphatic rings. The first-order valence-corrected chi connectivity index (χ1v) is 8.00. The Morgan fingerprint density at radius 1 is 1.38 bits per heavy atom. The van der Waals surface area contributed by atoms with Gasteiger partial charge in [0.05, 0.1) is 5.41 Å². The van der Waals surface area contributed by atoms with Crippen LogP contribution in [0.5, 0.6) is 0 Å². The van der Waals surface area contributed by atoms with Crippen LogP contribution in [0, 0.1) is 6.92 Å². The summed E-state index contributed by atoms with van der Waals surface area (Å²) >= 11 is 0. The minimum atomic E-state index is -0.328. The zero-order valence-corrected chi connectivity index (χ0v) is 13.4. The molecule has 1 fully saturated rings. The molecule has 0 atom stereocenters. The minimum Gasteiger partial charge on any atom is -0.396 e. The van der Waals surface area contributed by atoms with Gasteiger partial charge in [0.1, 0.15) is 0 Å². The summed E-state index contributed by atoms with van der Waals surface area (Å²) in [6.07, 6.45) is 3.65. The van der Waals surface area contributed by atoms with Crippen molar-refractivity contribution in [3.8, 4) is 0 Å². The van der Waals surface area contributed by atoms with Gasteiger partial charge in [0.2, 0.25) is 5.91 Å². The number of amides is 1. The molecule has 3 heteroatoms. The molecule has 0 spiro atoms. The van der Waals surface area contributed by atoms with E-state index in [2.05, 4.69) is 39.0 Å². The molecule has 1 aromatic carbocycles. The molecule has 1 saturated carbocycles. The van der Waals surface area contributed by atoms with Crippen LogP contribution in [0.4, 0.5) is 0 Å². The predicted molar refractivity (Wildman–Crippen MR) is 85.3 cm³/mol. The average Bonchev–Trinajstić information content (AvgIpc) is 2.37. The van der Waals surface area contributed by atoms with Crippen molar-refractivity contribution >= 4 is 5.91 Å². The number of carbonyl (C=O) groups is 1. The van der Waals surface area contributed by atoms with Crippen LogP contribution in [0.2, 0.25) is 0 Å². The van der Waals surface area contributed by atoms with Crippen LogP contribution < -0.4 is 0 Å². The lowest BCUT2D eigenvalue weighted by atomic mass is 9.63. The van der Waals surface area contributed by atoms with Crippen LogP contribution in [-0.2, 0) is 10.2 Å². The van der Waals surface area contributed by atoms with Gasteiger partial charge in [-0.15, -0.1) is 0 Å². The maximum absolute atomic E-state index is 13.2. The van der Waals surface area contributed by atoms with Gasteiger partial charge in [0.25, 0.3) is 0 Å². The lowest BCUT2D eigenvalue weighted by Gasteiger charge is -2.45. The van der Waals surface area contributed by atoms with E-state index < -0.39 is 0 Å². The smallest absolute Gasteiger partial charge is 0.233 e. The fraction of sp³-hybridized carbons (Fsp3) is 0.611. The molecule has 1 N–H and O–H groups in total. The molecule has 0 unspecified atom stereocenters. The first-order valence-electron chi connectivity index (χ1n) is 8.00. The van der Waals surface area contributed by atoms with Gasteiger partial charge in [-0.2, -0.15) is 0 Å². The highest BCUT2D eigenvalue weighted by atomic mass is 16.3. The number of aliphatic hydroxyl groups is 1. The van der Waals surface area contributed by atoms with Crippen molar-refractivity contribution in [2.45, 2.75) is 57.9 Å². The highest BCUT2D eigenvalue weighted by molar-refractivity contribution is 5.89. The third kappa shape index (κ3) is 3.13. The monoisotopic (exact) mass is 289 g/mol. The Kier molecular flexibility index (Phi) is 5.04. The van der Waals surface area contributed by atoms with Crippen molar-refractivity contribution in [1.82, 2.24) is 4.90 Å². The van der Waals surface area contributed by atoms with Crippen molar-refractivity contribution in [2.75, 3.05) is 13.2 Å². The molecule has 2 rings (SSSR count). The number of benzene rings is 1. The number of hydrogen-bond donors (Lipinski definition) is 1. The summed E-state index contributed by atoms with van der Waals surface area (Å²) in [5, 5.41) is 9.07. The largest absolute Gasteiger partial charge is 0.396 e. The zero-order chi connectivity index (χ0) is 15.5. The van der Waals surface area contributed by atoms with Gasteiger partial charge in [0.15, 0.2) is 0 Å². The number of nitrogens with zero attached hydrogens (tertiary/aromatic N) is 1. The van der Waals surface area contributed by atoms with Gasteiger partial charge < -0.3 is 10.0 Å². The van der Waals surface area contributed by atoms with Crippen molar-refractivity contribution in [3.05, 3.63) is 35.4 Å². The SMILES string of the molecule is Cc1cccc(C2(C(=O)N(CCCO)C(C)C)CCC2)c1. The molecule has 0 saturated heterocycles. The number of aliphatic hydroxyl groups excluding tert-OH is 1. The van der Waals surface area contributed by atoms with Crippen molar-refractivity contribution in [2.24, 2.45) is 0 Å². The standard InChI is InChI=1S/C18H27NO2/c1-14(2)19(11-6-12-20)17(21)18(9-5-10-18)16-8-4-7-15(3)13-16/h4,7-8,13-14,20H,5-6,9-12H2,1-3H3. The molecule has 0 heterocycles. The molecule has 1 aromatic rings. The quantitative estimate of drug-likeness (QED) is 0.874. The first kappa shape index (κ1) is 16.0. The first-order chi connectivity index (χ1) is 10.0. The highest BCUT2D eigenvalue weighted by Crippen LogP contribution is 2.45. The van der Waals surface area contributed by atoms with E-state index in [0.717, 1.165) is 24.8 Å². The fourth-order valence-electron chi connectivity index (χ4n) is 3.21. The Bertz CT molecular complexity index is 492. The van der Waals surface area contributed by atoms with E-state index in [-0.39, 0.29) is 24.0 Å². The maximum Gasteiger partial charge on any atom is 0.233 e. The van der Waals surface area contributed by atoms with E-state index in [0.29, 0.717) is 13.0 Å². The molecule has 0 aromatic heterocycles. The summed E-state index contributed by atoms with van der Waals surface area (Å²) in [5.41, 5.74) is 2.04. The second-order valence-corrected chi connectivity index (χ2v) is 6.47. The zero-order valence-electron chi connectivity index (χ0n) is 13.4. The normalized spacial score (nSPS) is 16.6. The molecule has 116 valence electrons. The van der Waals surface area contributed by atoms with Crippen molar-refractivity contribution in [3.63, 3.8) is 0 Å². The molecular formula is C18H27NO2. The maximum atomic E-state index is 13.2. The van der Waals surface area contributed by atoms with Crippen LogP contribution in [0.3, 0.4) is 0 Å². The number of aryl methyl sites for hydroxylation is 1. The summed E-state index contributed by atoms with van der Waals surface area (Å²) in [6.45, 7) is 6.95. The Balaban J connectivity index is 2.28. The molecule has 1 amide bonds. The lowest BCUT2D eigenvalue weighted by Crippen LogP contribution is -2.53. The third-order valence-corrected chi connectivity index (χ3v) is 4.63. The van der Waals surface area contributed by atoms with Crippen LogP contribution in [0.15, 0.2) is 24.3 Å². The number of hydrogen-bond acceptors (Lipinski definition) is 2. The van der Waals surface area contributed by atoms with Crippen LogP contribution >= 0.6 is 0 Å². The summed E-state index contributed by atoms with van der Waals surface area (Å²) in [6, 6.07) is 8.54. The summed E-state index contributed by atoms with van der Waals surface area (Å²) < 4.78 is 0. The Morgan fingerprint density at radius 2 is 2.10 bits per heavy atom. The predicted octanol–water partition coefficient (Wildman–Crippen LogP) is 3.04. The average molecular weight is 289 g/mol. The van der Waals surface area contributed by atoms with Gasteiger partial charge >= 0.3 is 0 Å². The molecule has 0 aliphatic heterocycles. The van der Waals surface area contributed by atoms with E-state index in [9.17, 15) is 4.79 Å². The number of rotatable bonds is 6.